The van der Waals surface area contributed by atoms with E-state index in [1.165, 1.54) is 0 Å². The Labute approximate surface area is 227 Å². The molecule has 0 saturated heterocycles. The molecule has 3 rings (SSSR count). The summed E-state index contributed by atoms with van der Waals surface area (Å²) in [7, 11) is 0. The van der Waals surface area contributed by atoms with Gasteiger partial charge in [0.25, 0.3) is 0 Å². The average Bonchev–Trinajstić information content (AvgIpc) is 3.66. The predicted molar refractivity (Wildman–Crippen MR) is 149 cm³/mol. The molecular formula is C31H43N3O4. The molecule has 0 spiro atoms. The molecule has 38 heavy (non-hydrogen) atoms. The highest BCUT2D eigenvalue weighted by atomic mass is 16.6. The quantitative estimate of drug-likeness (QED) is 0.427. The van der Waals surface area contributed by atoms with Crippen molar-refractivity contribution in [2.24, 2.45) is 5.92 Å². The van der Waals surface area contributed by atoms with Gasteiger partial charge in [-0.2, -0.15) is 0 Å². The van der Waals surface area contributed by atoms with E-state index in [1.54, 1.807) is 25.7 Å². The van der Waals surface area contributed by atoms with Crippen molar-refractivity contribution < 1.29 is 19.1 Å². The summed E-state index contributed by atoms with van der Waals surface area (Å²) in [6, 6.07) is 14.0. The zero-order valence-corrected chi connectivity index (χ0v) is 23.8. The topological polar surface area (TPSA) is 87.7 Å². The van der Waals surface area contributed by atoms with E-state index in [-0.39, 0.29) is 23.8 Å². The number of ether oxygens (including phenoxy) is 1. The third-order valence-corrected chi connectivity index (χ3v) is 6.46. The van der Waals surface area contributed by atoms with E-state index in [2.05, 4.69) is 10.6 Å². The standard InChI is InChI=1S/C31H43N3O4/c1-20(2)17-26(33-30(37)38-31(5,6)7)29(36)34(24-15-16-24)27(25-18-21(3)13-14-22(25)4)28(35)32-19-23-11-9-8-10-12-23/h8-14,18,20,24,26-27H,15-17,19H2,1-7H3,(H,32,35)(H,33,37). The fourth-order valence-corrected chi connectivity index (χ4v) is 4.55. The molecule has 0 radical (unpaired) electrons. The van der Waals surface area contributed by atoms with Crippen molar-refractivity contribution in [1.82, 2.24) is 15.5 Å². The van der Waals surface area contributed by atoms with Crippen LogP contribution in [0.3, 0.4) is 0 Å². The highest BCUT2D eigenvalue weighted by Gasteiger charge is 2.44. The van der Waals surface area contributed by atoms with Crippen LogP contribution in [-0.2, 0) is 20.9 Å². The third-order valence-electron chi connectivity index (χ3n) is 6.46. The van der Waals surface area contributed by atoms with Gasteiger partial charge in [-0.3, -0.25) is 9.59 Å². The molecular weight excluding hydrogens is 478 g/mol. The number of benzene rings is 2. The van der Waals surface area contributed by atoms with Gasteiger partial charge in [0.2, 0.25) is 11.8 Å². The summed E-state index contributed by atoms with van der Waals surface area (Å²) in [4.78, 5) is 42.5. The van der Waals surface area contributed by atoms with E-state index in [4.69, 9.17) is 4.74 Å². The molecule has 0 heterocycles. The molecule has 1 aliphatic carbocycles. The molecule has 2 N–H and O–H groups in total. The fourth-order valence-electron chi connectivity index (χ4n) is 4.55. The maximum atomic E-state index is 14.2. The number of alkyl carbamates (subject to hydrolysis) is 1. The van der Waals surface area contributed by atoms with E-state index in [0.717, 1.165) is 35.1 Å². The fraction of sp³-hybridized carbons (Fsp3) is 0.516. The van der Waals surface area contributed by atoms with Gasteiger partial charge in [-0.25, -0.2) is 4.79 Å². The second-order valence-corrected chi connectivity index (χ2v) is 11.8. The molecule has 2 atom stereocenters. The molecule has 3 amide bonds. The minimum Gasteiger partial charge on any atom is -0.444 e. The number of nitrogens with zero attached hydrogens (tertiary/aromatic N) is 1. The van der Waals surface area contributed by atoms with Crippen LogP contribution in [0.25, 0.3) is 0 Å². The zero-order valence-electron chi connectivity index (χ0n) is 23.8. The summed E-state index contributed by atoms with van der Waals surface area (Å²) in [5, 5.41) is 5.88. The number of rotatable bonds is 10. The second kappa shape index (κ2) is 12.5. The van der Waals surface area contributed by atoms with Crippen molar-refractivity contribution in [3.05, 3.63) is 70.8 Å². The van der Waals surface area contributed by atoms with Crippen LogP contribution in [0.1, 0.15) is 82.2 Å². The largest absolute Gasteiger partial charge is 0.444 e. The van der Waals surface area contributed by atoms with Crippen LogP contribution < -0.4 is 10.6 Å². The molecule has 2 unspecified atom stereocenters. The first kappa shape index (κ1) is 29.2. The Kier molecular flexibility index (Phi) is 9.58. The van der Waals surface area contributed by atoms with Crippen molar-refractivity contribution in [3.63, 3.8) is 0 Å². The molecule has 2 aromatic rings. The van der Waals surface area contributed by atoms with Crippen molar-refractivity contribution in [2.45, 2.75) is 98.0 Å². The van der Waals surface area contributed by atoms with Gasteiger partial charge in [0.15, 0.2) is 0 Å². The van der Waals surface area contributed by atoms with Crippen LogP contribution in [-0.4, -0.2) is 40.5 Å². The Morgan fingerprint density at radius 2 is 1.68 bits per heavy atom. The van der Waals surface area contributed by atoms with Gasteiger partial charge in [-0.15, -0.1) is 0 Å². The molecule has 7 nitrogen and oxygen atoms in total. The second-order valence-electron chi connectivity index (χ2n) is 11.8. The molecule has 7 heteroatoms. The summed E-state index contributed by atoms with van der Waals surface area (Å²) in [5.74, 6) is -0.345. The lowest BCUT2D eigenvalue weighted by atomic mass is 9.95. The zero-order chi connectivity index (χ0) is 28.0. The molecule has 1 fully saturated rings. The van der Waals surface area contributed by atoms with Gasteiger partial charge >= 0.3 is 6.09 Å². The molecule has 0 aromatic heterocycles. The number of aryl methyl sites for hydroxylation is 2. The van der Waals surface area contributed by atoms with Crippen LogP contribution in [0.5, 0.6) is 0 Å². The molecule has 206 valence electrons. The molecule has 0 aliphatic heterocycles. The summed E-state index contributed by atoms with van der Waals surface area (Å²) >= 11 is 0. The first-order valence-corrected chi connectivity index (χ1v) is 13.6. The Morgan fingerprint density at radius 1 is 1.03 bits per heavy atom. The van der Waals surface area contributed by atoms with E-state index in [0.29, 0.717) is 13.0 Å². The molecule has 1 saturated carbocycles. The number of nitrogens with one attached hydrogen (secondary N) is 2. The molecule has 1 aliphatic rings. The maximum Gasteiger partial charge on any atom is 0.408 e. The third kappa shape index (κ3) is 8.33. The van der Waals surface area contributed by atoms with Crippen LogP contribution in [0, 0.1) is 19.8 Å². The number of carbonyl (C=O) groups excluding carboxylic acids is 3. The minimum atomic E-state index is -0.811. The van der Waals surface area contributed by atoms with Gasteiger partial charge in [0, 0.05) is 12.6 Å². The van der Waals surface area contributed by atoms with E-state index >= 15 is 0 Å². The van der Waals surface area contributed by atoms with Crippen LogP contribution in [0.2, 0.25) is 0 Å². The lowest BCUT2D eigenvalue weighted by Gasteiger charge is -2.36. The van der Waals surface area contributed by atoms with Crippen molar-refractivity contribution in [3.8, 4) is 0 Å². The number of hydrogen-bond acceptors (Lipinski definition) is 4. The Morgan fingerprint density at radius 3 is 2.26 bits per heavy atom. The van der Waals surface area contributed by atoms with Gasteiger partial charge in [-0.1, -0.05) is 67.9 Å². The van der Waals surface area contributed by atoms with Gasteiger partial charge in [-0.05, 0) is 76.5 Å². The first-order chi connectivity index (χ1) is 17.9. The van der Waals surface area contributed by atoms with Crippen LogP contribution in [0.15, 0.2) is 48.5 Å². The Balaban J connectivity index is 1.97. The number of carbonyl (C=O) groups is 3. The highest BCUT2D eigenvalue weighted by Crippen LogP contribution is 2.37. The van der Waals surface area contributed by atoms with Crippen molar-refractivity contribution in [1.29, 1.82) is 0 Å². The Bertz CT molecular complexity index is 1120. The SMILES string of the molecule is Cc1ccc(C)c(C(C(=O)NCc2ccccc2)N(C(=O)C(CC(C)C)NC(=O)OC(C)(C)C)C2CC2)c1. The smallest absolute Gasteiger partial charge is 0.408 e. The van der Waals surface area contributed by atoms with E-state index in [1.807, 2.05) is 76.2 Å². The van der Waals surface area contributed by atoms with E-state index < -0.39 is 23.8 Å². The van der Waals surface area contributed by atoms with Gasteiger partial charge in [0.1, 0.15) is 17.7 Å². The monoisotopic (exact) mass is 521 g/mol. The number of amides is 3. The van der Waals surface area contributed by atoms with Crippen LogP contribution >= 0.6 is 0 Å². The first-order valence-electron chi connectivity index (χ1n) is 13.6. The summed E-state index contributed by atoms with van der Waals surface area (Å²) in [6.45, 7) is 13.7. The van der Waals surface area contributed by atoms with Gasteiger partial charge in [0.05, 0.1) is 0 Å². The van der Waals surface area contributed by atoms with Crippen LogP contribution in [0.4, 0.5) is 4.79 Å². The predicted octanol–water partition coefficient (Wildman–Crippen LogP) is 5.59. The summed E-state index contributed by atoms with van der Waals surface area (Å²) in [6.07, 6.45) is 1.44. The minimum absolute atomic E-state index is 0.0648. The van der Waals surface area contributed by atoms with Crippen molar-refractivity contribution in [2.75, 3.05) is 0 Å². The highest BCUT2D eigenvalue weighted by molar-refractivity contribution is 5.92. The Hall–Kier alpha value is -3.35. The lowest BCUT2D eigenvalue weighted by molar-refractivity contribution is -0.143. The normalized spacial score (nSPS) is 14.9. The number of hydrogen-bond donors (Lipinski definition) is 2. The summed E-state index contributed by atoms with van der Waals surface area (Å²) in [5.41, 5.74) is 3.05. The van der Waals surface area contributed by atoms with E-state index in [9.17, 15) is 14.4 Å². The molecule has 2 aromatic carbocycles. The average molecular weight is 522 g/mol. The molecule has 0 bridgehead atoms. The summed E-state index contributed by atoms with van der Waals surface area (Å²) < 4.78 is 5.47. The van der Waals surface area contributed by atoms with Gasteiger partial charge < -0.3 is 20.3 Å². The maximum absolute atomic E-state index is 14.2. The lowest BCUT2D eigenvalue weighted by Crippen LogP contribution is -2.54. The van der Waals surface area contributed by atoms with Crippen molar-refractivity contribution >= 4 is 17.9 Å².